The van der Waals surface area contributed by atoms with Crippen molar-refractivity contribution in [2.24, 2.45) is 0 Å². The van der Waals surface area contributed by atoms with Crippen molar-refractivity contribution >= 4 is 21.2 Å². The Balaban J connectivity index is 2.39. The highest BCUT2D eigenvalue weighted by atomic mass is 32.2. The maximum atomic E-state index is 12.5. The Morgan fingerprint density at radius 1 is 1.14 bits per heavy atom. The van der Waals surface area contributed by atoms with Crippen LogP contribution in [0.5, 0.6) is 0 Å². The molecule has 0 unspecified atom stereocenters. The molecule has 0 aliphatic heterocycles. The van der Waals surface area contributed by atoms with Crippen LogP contribution in [0.4, 0.5) is 13.2 Å². The molecule has 0 aliphatic rings. The molecule has 2 aromatic rings. The maximum Gasteiger partial charge on any atom is 0.416 e. The van der Waals surface area contributed by atoms with E-state index in [9.17, 15) is 21.6 Å². The van der Waals surface area contributed by atoms with Gasteiger partial charge in [-0.15, -0.1) is 11.3 Å². The van der Waals surface area contributed by atoms with Gasteiger partial charge < -0.3 is 5.73 Å². The minimum absolute atomic E-state index is 0.0472. The predicted molar refractivity (Wildman–Crippen MR) is 73.4 cm³/mol. The Hall–Kier alpha value is -1.38. The number of sulfone groups is 1. The van der Waals surface area contributed by atoms with Gasteiger partial charge in [0.05, 0.1) is 12.1 Å². The van der Waals surface area contributed by atoms with Crippen molar-refractivity contribution in [1.82, 2.24) is 0 Å². The Labute approximate surface area is 124 Å². The standard InChI is InChI=1S/C13H12F3NO2S2/c14-13(15,16)10-5-3-9(4-6-10)11(8-17)21(18,19)12-2-1-7-20-12/h1-7,11H,8,17H2/p+1/t11-/m0/s1. The van der Waals surface area contributed by atoms with E-state index in [2.05, 4.69) is 5.73 Å². The van der Waals surface area contributed by atoms with E-state index in [4.69, 9.17) is 0 Å². The first-order valence-corrected chi connectivity index (χ1v) is 8.43. The van der Waals surface area contributed by atoms with Gasteiger partial charge >= 0.3 is 6.18 Å². The average molecular weight is 336 g/mol. The Kier molecular flexibility index (Phi) is 4.40. The van der Waals surface area contributed by atoms with Crippen LogP contribution >= 0.6 is 11.3 Å². The summed E-state index contributed by atoms with van der Waals surface area (Å²) in [5, 5.41) is 0.693. The van der Waals surface area contributed by atoms with Crippen molar-refractivity contribution in [2.45, 2.75) is 15.6 Å². The lowest BCUT2D eigenvalue weighted by atomic mass is 10.1. The normalized spacial score (nSPS) is 14.1. The number of hydrogen-bond acceptors (Lipinski definition) is 3. The molecule has 0 saturated carbocycles. The van der Waals surface area contributed by atoms with Crippen LogP contribution in [0.15, 0.2) is 46.0 Å². The number of thiophene rings is 1. The molecule has 2 rings (SSSR count). The predicted octanol–water partition coefficient (Wildman–Crippen LogP) is 2.52. The van der Waals surface area contributed by atoms with Crippen LogP contribution in [0.3, 0.4) is 0 Å². The van der Waals surface area contributed by atoms with Crippen LogP contribution in [0.1, 0.15) is 16.4 Å². The fourth-order valence-corrected chi connectivity index (χ4v) is 4.83. The zero-order valence-corrected chi connectivity index (χ0v) is 12.4. The first-order chi connectivity index (χ1) is 9.76. The van der Waals surface area contributed by atoms with Crippen molar-refractivity contribution in [3.63, 3.8) is 0 Å². The highest BCUT2D eigenvalue weighted by Crippen LogP contribution is 2.33. The topological polar surface area (TPSA) is 61.8 Å². The summed E-state index contributed by atoms with van der Waals surface area (Å²) in [6.07, 6.45) is -4.44. The molecule has 3 N–H and O–H groups in total. The molecule has 0 bridgehead atoms. The minimum atomic E-state index is -4.44. The van der Waals surface area contributed by atoms with Gasteiger partial charge in [0.1, 0.15) is 9.46 Å². The van der Waals surface area contributed by atoms with Crippen LogP contribution in [-0.4, -0.2) is 15.0 Å². The number of rotatable bonds is 4. The summed E-state index contributed by atoms with van der Waals surface area (Å²) < 4.78 is 62.7. The molecule has 0 aliphatic carbocycles. The van der Waals surface area contributed by atoms with Crippen molar-refractivity contribution in [1.29, 1.82) is 0 Å². The lowest BCUT2D eigenvalue weighted by Crippen LogP contribution is -2.54. The van der Waals surface area contributed by atoms with E-state index in [1.54, 1.807) is 11.4 Å². The summed E-state index contributed by atoms with van der Waals surface area (Å²) in [7, 11) is -3.63. The Bertz CT molecular complexity index is 692. The van der Waals surface area contributed by atoms with Crippen LogP contribution in [0.25, 0.3) is 0 Å². The molecule has 0 fully saturated rings. The van der Waals surface area contributed by atoms with Gasteiger partial charge in [0.25, 0.3) is 0 Å². The first-order valence-electron chi connectivity index (χ1n) is 6.00. The van der Waals surface area contributed by atoms with Crippen molar-refractivity contribution in [2.75, 3.05) is 6.54 Å². The molecular weight excluding hydrogens is 323 g/mol. The quantitative estimate of drug-likeness (QED) is 0.932. The summed E-state index contributed by atoms with van der Waals surface area (Å²) >= 11 is 1.08. The molecule has 1 aromatic carbocycles. The van der Waals surface area contributed by atoms with Crippen LogP contribution in [0.2, 0.25) is 0 Å². The summed E-state index contributed by atoms with van der Waals surface area (Å²) in [4.78, 5) is 0. The minimum Gasteiger partial charge on any atom is -0.356 e. The molecule has 114 valence electrons. The monoisotopic (exact) mass is 336 g/mol. The SMILES string of the molecule is [NH3+]C[C@@H](c1ccc(C(F)(F)F)cc1)S(=O)(=O)c1cccs1. The van der Waals surface area contributed by atoms with E-state index in [1.807, 2.05) is 0 Å². The second-order valence-corrected chi connectivity index (χ2v) is 7.68. The van der Waals surface area contributed by atoms with Gasteiger partial charge in [0.15, 0.2) is 9.84 Å². The fraction of sp³-hybridized carbons (Fsp3) is 0.231. The molecule has 1 heterocycles. The largest absolute Gasteiger partial charge is 0.416 e. The van der Waals surface area contributed by atoms with E-state index >= 15 is 0 Å². The number of halogens is 3. The molecule has 0 amide bonds. The summed E-state index contributed by atoms with van der Waals surface area (Å²) in [5.74, 6) is 0. The molecule has 8 heteroatoms. The molecule has 0 saturated heterocycles. The molecule has 0 radical (unpaired) electrons. The van der Waals surface area contributed by atoms with Crippen molar-refractivity contribution in [3.05, 3.63) is 52.9 Å². The van der Waals surface area contributed by atoms with E-state index in [1.165, 1.54) is 18.2 Å². The number of alkyl halides is 3. The molecule has 1 atom stereocenters. The molecule has 1 aromatic heterocycles. The second kappa shape index (κ2) is 5.78. The first kappa shape index (κ1) is 16.0. The van der Waals surface area contributed by atoms with E-state index in [0.29, 0.717) is 5.56 Å². The molecule has 3 nitrogen and oxygen atoms in total. The van der Waals surface area contributed by atoms with Gasteiger partial charge in [-0.1, -0.05) is 18.2 Å². The van der Waals surface area contributed by atoms with Gasteiger partial charge in [0, 0.05) is 0 Å². The molecule has 0 spiro atoms. The van der Waals surface area contributed by atoms with Crippen LogP contribution in [-0.2, 0) is 16.0 Å². The van der Waals surface area contributed by atoms with E-state index < -0.39 is 26.8 Å². The van der Waals surface area contributed by atoms with Gasteiger partial charge in [-0.3, -0.25) is 0 Å². The van der Waals surface area contributed by atoms with E-state index in [-0.39, 0.29) is 10.8 Å². The maximum absolute atomic E-state index is 12.5. The zero-order chi connectivity index (χ0) is 15.7. The Morgan fingerprint density at radius 3 is 2.19 bits per heavy atom. The lowest BCUT2D eigenvalue weighted by Gasteiger charge is -2.14. The van der Waals surface area contributed by atoms with Crippen LogP contribution < -0.4 is 5.73 Å². The molecular formula is C13H13F3NO2S2+. The smallest absolute Gasteiger partial charge is 0.356 e. The number of hydrogen-bond donors (Lipinski definition) is 1. The second-order valence-electron chi connectivity index (χ2n) is 4.37. The fourth-order valence-electron chi connectivity index (χ4n) is 1.95. The summed E-state index contributed by atoms with van der Waals surface area (Å²) in [6, 6.07) is 7.27. The number of benzene rings is 1. The van der Waals surface area contributed by atoms with Gasteiger partial charge in [0.2, 0.25) is 0 Å². The third-order valence-corrected chi connectivity index (χ3v) is 6.62. The summed E-state index contributed by atoms with van der Waals surface area (Å²) in [6.45, 7) is 0.0472. The van der Waals surface area contributed by atoms with Gasteiger partial charge in [-0.2, -0.15) is 13.2 Å². The third-order valence-electron chi connectivity index (χ3n) is 3.02. The lowest BCUT2D eigenvalue weighted by molar-refractivity contribution is -0.367. The Morgan fingerprint density at radius 2 is 1.76 bits per heavy atom. The average Bonchev–Trinajstić information content (AvgIpc) is 2.93. The highest BCUT2D eigenvalue weighted by Gasteiger charge is 2.33. The summed E-state index contributed by atoms with van der Waals surface area (Å²) in [5.41, 5.74) is 3.12. The van der Waals surface area contributed by atoms with Crippen molar-refractivity contribution in [3.8, 4) is 0 Å². The highest BCUT2D eigenvalue weighted by molar-refractivity contribution is 7.93. The molecule has 21 heavy (non-hydrogen) atoms. The van der Waals surface area contributed by atoms with Gasteiger partial charge in [-0.05, 0) is 29.1 Å². The number of quaternary nitrogens is 1. The third kappa shape index (κ3) is 3.28. The van der Waals surface area contributed by atoms with Gasteiger partial charge in [-0.25, -0.2) is 8.42 Å². The van der Waals surface area contributed by atoms with E-state index in [0.717, 1.165) is 23.5 Å². The van der Waals surface area contributed by atoms with Crippen LogP contribution in [0, 0.1) is 0 Å². The van der Waals surface area contributed by atoms with Crippen molar-refractivity contribution < 1.29 is 27.3 Å². The zero-order valence-electron chi connectivity index (χ0n) is 10.8.